The second-order valence-corrected chi connectivity index (χ2v) is 3.70. The zero-order valence-corrected chi connectivity index (χ0v) is 10.2. The van der Waals surface area contributed by atoms with Crippen molar-refractivity contribution < 1.29 is 13.9 Å². The fraction of sp³-hybridized carbons (Fsp3) is 0.417. The molecule has 94 valence electrons. The highest BCUT2D eigenvalue weighted by atomic mass is 19.1. The molecule has 0 fully saturated rings. The lowest BCUT2D eigenvalue weighted by molar-refractivity contribution is -0.126. The predicted octanol–water partition coefficient (Wildman–Crippen LogP) is 1.06. The van der Waals surface area contributed by atoms with Crippen LogP contribution in [0.25, 0.3) is 0 Å². The van der Waals surface area contributed by atoms with Gasteiger partial charge in [-0.25, -0.2) is 4.39 Å². The molecular weight excluding hydrogens is 223 g/mol. The van der Waals surface area contributed by atoms with Crippen LogP contribution in [0.1, 0.15) is 12.5 Å². The summed E-state index contributed by atoms with van der Waals surface area (Å²) >= 11 is 0. The number of likely N-dealkylation sites (N-methyl/N-ethyl adjacent to an activating group) is 1. The molecule has 1 rings (SSSR count). The highest BCUT2D eigenvalue weighted by Crippen LogP contribution is 2.17. The molecule has 0 heterocycles. The molecule has 0 aromatic heterocycles. The third-order valence-electron chi connectivity index (χ3n) is 2.24. The largest absolute Gasteiger partial charge is 0.481 e. The Morgan fingerprint density at radius 2 is 2.12 bits per heavy atom. The van der Waals surface area contributed by atoms with E-state index in [1.165, 1.54) is 19.2 Å². The number of carbonyl (C=O) groups is 1. The highest BCUT2D eigenvalue weighted by Gasteiger charge is 2.13. The maximum atomic E-state index is 13.3. The van der Waals surface area contributed by atoms with Crippen LogP contribution in [0.3, 0.4) is 0 Å². The van der Waals surface area contributed by atoms with Gasteiger partial charge >= 0.3 is 0 Å². The zero-order chi connectivity index (χ0) is 12.8. The number of halogens is 1. The minimum absolute atomic E-state index is 0.246. The highest BCUT2D eigenvalue weighted by molar-refractivity contribution is 5.80. The Balaban J connectivity index is 2.80. The quantitative estimate of drug-likeness (QED) is 0.809. The fourth-order valence-corrected chi connectivity index (χ4v) is 1.46. The summed E-state index contributed by atoms with van der Waals surface area (Å²) in [6.07, 6.45) is -0.649. The third kappa shape index (κ3) is 4.03. The van der Waals surface area contributed by atoms with E-state index >= 15 is 0 Å². The van der Waals surface area contributed by atoms with E-state index in [2.05, 4.69) is 10.6 Å². The van der Waals surface area contributed by atoms with E-state index in [9.17, 15) is 9.18 Å². The van der Waals surface area contributed by atoms with Crippen molar-refractivity contribution >= 4 is 5.91 Å². The van der Waals surface area contributed by atoms with Gasteiger partial charge in [0.1, 0.15) is 11.6 Å². The average molecular weight is 240 g/mol. The molecule has 0 saturated heterocycles. The molecule has 17 heavy (non-hydrogen) atoms. The van der Waals surface area contributed by atoms with Gasteiger partial charge in [0.2, 0.25) is 0 Å². The van der Waals surface area contributed by atoms with Crippen LogP contribution >= 0.6 is 0 Å². The van der Waals surface area contributed by atoms with Crippen molar-refractivity contribution in [3.05, 3.63) is 29.6 Å². The van der Waals surface area contributed by atoms with E-state index in [0.717, 1.165) is 5.56 Å². The van der Waals surface area contributed by atoms with Gasteiger partial charge in [-0.15, -0.1) is 0 Å². The van der Waals surface area contributed by atoms with Crippen molar-refractivity contribution in [2.75, 3.05) is 14.1 Å². The van der Waals surface area contributed by atoms with Crippen molar-refractivity contribution in [1.29, 1.82) is 0 Å². The van der Waals surface area contributed by atoms with Crippen molar-refractivity contribution in [2.45, 2.75) is 19.6 Å². The normalized spacial score (nSPS) is 12.0. The van der Waals surface area contributed by atoms with Crippen molar-refractivity contribution in [3.8, 4) is 5.75 Å². The van der Waals surface area contributed by atoms with Crippen molar-refractivity contribution in [1.82, 2.24) is 10.6 Å². The first kappa shape index (κ1) is 13.4. The number of nitrogens with one attached hydrogen (secondary N) is 2. The Kier molecular flexibility index (Phi) is 4.90. The van der Waals surface area contributed by atoms with Gasteiger partial charge in [-0.2, -0.15) is 0 Å². The van der Waals surface area contributed by atoms with Gasteiger partial charge in [-0.05, 0) is 31.7 Å². The summed E-state index contributed by atoms with van der Waals surface area (Å²) in [7, 11) is 3.30. The predicted molar refractivity (Wildman–Crippen MR) is 63.3 cm³/mol. The minimum atomic E-state index is -0.649. The first-order valence-corrected chi connectivity index (χ1v) is 5.39. The van der Waals surface area contributed by atoms with E-state index in [0.29, 0.717) is 12.3 Å². The molecule has 5 heteroatoms. The SMILES string of the molecule is CNCc1cc(F)cc(OC(C)C(=O)NC)c1. The van der Waals surface area contributed by atoms with Crippen LogP contribution in [0.4, 0.5) is 4.39 Å². The number of hydrogen-bond donors (Lipinski definition) is 2. The molecule has 0 aliphatic heterocycles. The summed E-state index contributed by atoms with van der Waals surface area (Å²) in [4.78, 5) is 11.3. The molecule has 1 aromatic rings. The monoisotopic (exact) mass is 240 g/mol. The van der Waals surface area contributed by atoms with Crippen LogP contribution in [0.15, 0.2) is 18.2 Å². The first-order chi connectivity index (χ1) is 8.06. The number of carbonyl (C=O) groups excluding carboxylic acids is 1. The summed E-state index contributed by atoms with van der Waals surface area (Å²) in [5, 5.41) is 5.39. The summed E-state index contributed by atoms with van der Waals surface area (Å²) in [6.45, 7) is 2.16. The van der Waals surface area contributed by atoms with E-state index < -0.39 is 6.10 Å². The number of benzene rings is 1. The van der Waals surface area contributed by atoms with Crippen LogP contribution in [-0.4, -0.2) is 26.1 Å². The molecule has 4 nitrogen and oxygen atoms in total. The lowest BCUT2D eigenvalue weighted by Gasteiger charge is -2.14. The first-order valence-electron chi connectivity index (χ1n) is 5.39. The molecule has 2 N–H and O–H groups in total. The van der Waals surface area contributed by atoms with Gasteiger partial charge < -0.3 is 15.4 Å². The Morgan fingerprint density at radius 1 is 1.41 bits per heavy atom. The molecule has 0 spiro atoms. The van der Waals surface area contributed by atoms with Crippen LogP contribution in [-0.2, 0) is 11.3 Å². The Bertz CT molecular complexity index is 396. The summed E-state index contributed by atoms with van der Waals surface area (Å²) in [5.41, 5.74) is 0.770. The van der Waals surface area contributed by atoms with Crippen LogP contribution in [0.5, 0.6) is 5.75 Å². The molecule has 1 unspecified atom stereocenters. The molecule has 0 aliphatic carbocycles. The second kappa shape index (κ2) is 6.20. The van der Waals surface area contributed by atoms with Gasteiger partial charge in [0, 0.05) is 19.7 Å². The number of amides is 1. The zero-order valence-electron chi connectivity index (χ0n) is 10.2. The van der Waals surface area contributed by atoms with Crippen LogP contribution < -0.4 is 15.4 Å². The Labute approximate surface area is 100 Å². The maximum Gasteiger partial charge on any atom is 0.260 e. The molecule has 0 saturated carbocycles. The smallest absolute Gasteiger partial charge is 0.260 e. The number of rotatable bonds is 5. The van der Waals surface area contributed by atoms with Gasteiger partial charge in [0.15, 0.2) is 6.10 Å². The van der Waals surface area contributed by atoms with Gasteiger partial charge in [-0.3, -0.25) is 4.79 Å². The molecule has 0 bridgehead atoms. The maximum absolute atomic E-state index is 13.3. The molecule has 0 aliphatic rings. The third-order valence-corrected chi connectivity index (χ3v) is 2.24. The average Bonchev–Trinajstić information content (AvgIpc) is 2.27. The van der Waals surface area contributed by atoms with Crippen LogP contribution in [0, 0.1) is 5.82 Å². The van der Waals surface area contributed by atoms with Gasteiger partial charge in [0.05, 0.1) is 0 Å². The summed E-state index contributed by atoms with van der Waals surface area (Å²) < 4.78 is 18.6. The van der Waals surface area contributed by atoms with Crippen molar-refractivity contribution in [2.24, 2.45) is 0 Å². The lowest BCUT2D eigenvalue weighted by atomic mass is 10.2. The van der Waals surface area contributed by atoms with Gasteiger partial charge in [0.25, 0.3) is 5.91 Å². The molecule has 1 atom stereocenters. The van der Waals surface area contributed by atoms with E-state index in [1.54, 1.807) is 20.0 Å². The number of ether oxygens (including phenoxy) is 1. The standard InChI is InChI=1S/C12H17FN2O2/c1-8(12(16)15-3)17-11-5-9(7-14-2)4-10(13)6-11/h4-6,8,14H,7H2,1-3H3,(H,15,16). The molecule has 0 radical (unpaired) electrons. The Morgan fingerprint density at radius 3 is 2.71 bits per heavy atom. The topological polar surface area (TPSA) is 50.4 Å². The van der Waals surface area contributed by atoms with E-state index in [1.807, 2.05) is 0 Å². The summed E-state index contributed by atoms with van der Waals surface area (Å²) in [5.74, 6) is -0.271. The fourth-order valence-electron chi connectivity index (χ4n) is 1.46. The Hall–Kier alpha value is -1.62. The molecular formula is C12H17FN2O2. The molecule has 1 amide bonds. The number of hydrogen-bond acceptors (Lipinski definition) is 3. The second-order valence-electron chi connectivity index (χ2n) is 3.70. The summed E-state index contributed by atoms with van der Waals surface area (Å²) in [6, 6.07) is 4.39. The van der Waals surface area contributed by atoms with E-state index in [-0.39, 0.29) is 11.7 Å². The van der Waals surface area contributed by atoms with Crippen LogP contribution in [0.2, 0.25) is 0 Å². The van der Waals surface area contributed by atoms with E-state index in [4.69, 9.17) is 4.74 Å². The molecule has 1 aromatic carbocycles. The lowest BCUT2D eigenvalue weighted by Crippen LogP contribution is -2.33. The van der Waals surface area contributed by atoms with Crippen molar-refractivity contribution in [3.63, 3.8) is 0 Å². The van der Waals surface area contributed by atoms with Gasteiger partial charge in [-0.1, -0.05) is 0 Å². The minimum Gasteiger partial charge on any atom is -0.481 e.